The minimum absolute atomic E-state index is 0.153. The van der Waals surface area contributed by atoms with E-state index in [0.29, 0.717) is 10.6 Å². The van der Waals surface area contributed by atoms with Gasteiger partial charge in [0.15, 0.2) is 0 Å². The van der Waals surface area contributed by atoms with Gasteiger partial charge in [-0.25, -0.2) is 9.78 Å². The molecule has 0 radical (unpaired) electrons. The lowest BCUT2D eigenvalue weighted by Gasteiger charge is -2.06. The molecule has 0 saturated carbocycles. The van der Waals surface area contributed by atoms with E-state index in [0.717, 1.165) is 0 Å². The Balaban J connectivity index is 1.75. The molecular weight excluding hydrogens is 344 g/mol. The van der Waals surface area contributed by atoms with Gasteiger partial charge in [-0.3, -0.25) is 14.9 Å². The molecule has 0 aliphatic rings. The van der Waals surface area contributed by atoms with Gasteiger partial charge in [0.05, 0.1) is 12.2 Å². The lowest BCUT2D eigenvalue weighted by Crippen LogP contribution is -2.31. The predicted molar refractivity (Wildman–Crippen MR) is 92.0 cm³/mol. The number of alkyl carbamates (subject to hydrolysis) is 1. The third-order valence-electron chi connectivity index (χ3n) is 3.22. The molecule has 8 nitrogen and oxygen atoms in total. The van der Waals surface area contributed by atoms with Gasteiger partial charge in [-0.05, 0) is 30.5 Å². The van der Waals surface area contributed by atoms with E-state index >= 15 is 0 Å². The van der Waals surface area contributed by atoms with Crippen molar-refractivity contribution in [3.63, 3.8) is 0 Å². The molecule has 0 aromatic carbocycles. The second-order valence-electron chi connectivity index (χ2n) is 4.88. The van der Waals surface area contributed by atoms with Gasteiger partial charge in [-0.2, -0.15) is 0 Å². The molecule has 0 saturated heterocycles. The van der Waals surface area contributed by atoms with Gasteiger partial charge in [0.25, 0.3) is 11.8 Å². The molecule has 2 N–H and O–H groups in total. The molecular formula is C16H14N4O4S. The Morgan fingerprint density at radius 3 is 2.84 bits per heavy atom. The summed E-state index contributed by atoms with van der Waals surface area (Å²) in [5.74, 6) is -1.10. The zero-order chi connectivity index (χ0) is 17.8. The lowest BCUT2D eigenvalue weighted by atomic mass is 10.3. The van der Waals surface area contributed by atoms with Gasteiger partial charge in [-0.15, -0.1) is 11.3 Å². The topological polar surface area (TPSA) is 102 Å². The van der Waals surface area contributed by atoms with Crippen LogP contribution in [-0.4, -0.2) is 33.9 Å². The van der Waals surface area contributed by atoms with Crippen LogP contribution < -0.4 is 10.6 Å². The number of imidazole rings is 1. The highest BCUT2D eigenvalue weighted by Crippen LogP contribution is 2.24. The van der Waals surface area contributed by atoms with E-state index in [2.05, 4.69) is 20.4 Å². The molecule has 3 amide bonds. The Morgan fingerprint density at radius 2 is 2.08 bits per heavy atom. The summed E-state index contributed by atoms with van der Waals surface area (Å²) in [5.41, 5.74) is 1.03. The molecule has 0 aliphatic carbocycles. The summed E-state index contributed by atoms with van der Waals surface area (Å²) in [7, 11) is 0. The van der Waals surface area contributed by atoms with Crippen molar-refractivity contribution in [1.29, 1.82) is 0 Å². The van der Waals surface area contributed by atoms with Crippen molar-refractivity contribution >= 4 is 39.9 Å². The summed E-state index contributed by atoms with van der Waals surface area (Å²) >= 11 is 1.17. The summed E-state index contributed by atoms with van der Waals surface area (Å²) in [6.07, 6.45) is 2.54. The summed E-state index contributed by atoms with van der Waals surface area (Å²) < 4.78 is 6.39. The lowest BCUT2D eigenvalue weighted by molar-refractivity contribution is 0.0926. The molecule has 128 valence electrons. The average Bonchev–Trinajstić information content (AvgIpc) is 3.21. The molecule has 3 heterocycles. The van der Waals surface area contributed by atoms with E-state index in [9.17, 15) is 14.4 Å². The monoisotopic (exact) mass is 358 g/mol. The Hall–Kier alpha value is -3.20. The average molecular weight is 358 g/mol. The molecule has 25 heavy (non-hydrogen) atoms. The minimum Gasteiger partial charge on any atom is -0.450 e. The van der Waals surface area contributed by atoms with E-state index in [1.165, 1.54) is 17.4 Å². The number of ether oxygens (including phenoxy) is 1. The Labute approximate surface area is 146 Å². The second kappa shape index (κ2) is 7.14. The first-order valence-electron chi connectivity index (χ1n) is 7.39. The van der Waals surface area contributed by atoms with Crippen molar-refractivity contribution in [3.8, 4) is 0 Å². The largest absolute Gasteiger partial charge is 0.450 e. The van der Waals surface area contributed by atoms with Crippen LogP contribution in [-0.2, 0) is 4.74 Å². The molecule has 0 fully saturated rings. The number of fused-ring (bicyclic) bond motifs is 1. The molecule has 3 aromatic heterocycles. The Morgan fingerprint density at radius 1 is 1.24 bits per heavy atom. The van der Waals surface area contributed by atoms with Crippen LogP contribution in [0.1, 0.15) is 27.8 Å². The highest BCUT2D eigenvalue weighted by atomic mass is 32.1. The molecule has 0 unspecified atom stereocenters. The number of anilines is 1. The predicted octanol–water partition coefficient (Wildman–Crippen LogP) is 2.53. The summed E-state index contributed by atoms with van der Waals surface area (Å²) in [4.78, 5) is 40.0. The van der Waals surface area contributed by atoms with Gasteiger partial charge < -0.3 is 14.5 Å². The zero-order valence-corrected chi connectivity index (χ0v) is 14.0. The fourth-order valence-electron chi connectivity index (χ4n) is 2.12. The fourth-order valence-corrected chi connectivity index (χ4v) is 2.90. The maximum atomic E-state index is 12.4. The van der Waals surface area contributed by atoms with E-state index in [-0.39, 0.29) is 17.9 Å². The molecule has 0 atom stereocenters. The van der Waals surface area contributed by atoms with Gasteiger partial charge >= 0.3 is 6.09 Å². The van der Waals surface area contributed by atoms with Crippen molar-refractivity contribution in [2.75, 3.05) is 11.9 Å². The number of thiophene rings is 1. The third-order valence-corrected chi connectivity index (χ3v) is 4.05. The number of nitrogens with zero attached hydrogens (tertiary/aromatic N) is 2. The highest BCUT2D eigenvalue weighted by molar-refractivity contribution is 7.14. The van der Waals surface area contributed by atoms with Crippen molar-refractivity contribution in [1.82, 2.24) is 14.7 Å². The minimum atomic E-state index is -0.837. The van der Waals surface area contributed by atoms with Crippen molar-refractivity contribution < 1.29 is 19.1 Å². The summed E-state index contributed by atoms with van der Waals surface area (Å²) in [6, 6.07) is 6.94. The van der Waals surface area contributed by atoms with Crippen LogP contribution in [0.25, 0.3) is 5.65 Å². The number of hydrogen-bond donors (Lipinski definition) is 2. The standard InChI is InChI=1S/C16H14N4O4S/c1-2-24-16(23)19-13(21)10-6-8-25-15(10)18-14(22)11-9-20-7-4-3-5-12(20)17-11/h3-9H,2H2,1H3,(H,18,22)(H,19,21,23). The molecule has 0 bridgehead atoms. The van der Waals surface area contributed by atoms with Crippen LogP contribution in [0.2, 0.25) is 0 Å². The normalized spacial score (nSPS) is 10.4. The maximum Gasteiger partial charge on any atom is 0.414 e. The summed E-state index contributed by atoms with van der Waals surface area (Å²) in [6.45, 7) is 1.79. The van der Waals surface area contributed by atoms with Crippen LogP contribution >= 0.6 is 11.3 Å². The van der Waals surface area contributed by atoms with Crippen LogP contribution in [0.3, 0.4) is 0 Å². The number of carbonyl (C=O) groups is 3. The Kier molecular flexibility index (Phi) is 4.75. The molecule has 0 aliphatic heterocycles. The quantitative estimate of drug-likeness (QED) is 0.746. The van der Waals surface area contributed by atoms with E-state index < -0.39 is 17.9 Å². The molecule has 3 aromatic rings. The number of aromatic nitrogens is 2. The number of pyridine rings is 1. The zero-order valence-electron chi connectivity index (χ0n) is 13.2. The van der Waals surface area contributed by atoms with E-state index in [4.69, 9.17) is 0 Å². The number of amides is 3. The fraction of sp³-hybridized carbons (Fsp3) is 0.125. The van der Waals surface area contributed by atoms with E-state index in [1.54, 1.807) is 35.2 Å². The summed E-state index contributed by atoms with van der Waals surface area (Å²) in [5, 5.41) is 6.70. The first kappa shape index (κ1) is 16.7. The number of hydrogen-bond acceptors (Lipinski definition) is 6. The number of carbonyl (C=O) groups excluding carboxylic acids is 3. The first-order chi connectivity index (χ1) is 12.1. The smallest absolute Gasteiger partial charge is 0.414 e. The van der Waals surface area contributed by atoms with Crippen molar-refractivity contribution in [2.45, 2.75) is 6.92 Å². The van der Waals surface area contributed by atoms with Gasteiger partial charge in [0.1, 0.15) is 16.3 Å². The first-order valence-corrected chi connectivity index (χ1v) is 8.27. The van der Waals surface area contributed by atoms with Crippen LogP contribution in [0, 0.1) is 0 Å². The number of nitrogens with one attached hydrogen (secondary N) is 2. The maximum absolute atomic E-state index is 12.4. The Bertz CT molecular complexity index is 913. The van der Waals surface area contributed by atoms with Crippen LogP contribution in [0.4, 0.5) is 9.80 Å². The van der Waals surface area contributed by atoms with Crippen molar-refractivity contribution in [2.24, 2.45) is 0 Å². The third kappa shape index (κ3) is 3.66. The van der Waals surface area contributed by atoms with Crippen molar-refractivity contribution in [3.05, 3.63) is 53.3 Å². The molecule has 3 rings (SSSR count). The van der Waals surface area contributed by atoms with Gasteiger partial charge in [-0.1, -0.05) is 6.07 Å². The van der Waals surface area contributed by atoms with Gasteiger partial charge in [0, 0.05) is 12.4 Å². The van der Waals surface area contributed by atoms with Crippen LogP contribution in [0.15, 0.2) is 42.0 Å². The van der Waals surface area contributed by atoms with Crippen LogP contribution in [0.5, 0.6) is 0 Å². The van der Waals surface area contributed by atoms with Gasteiger partial charge in [0.2, 0.25) is 0 Å². The number of imide groups is 1. The SMILES string of the molecule is CCOC(=O)NC(=O)c1ccsc1NC(=O)c1cn2ccccc2n1. The van der Waals surface area contributed by atoms with E-state index in [1.807, 2.05) is 12.1 Å². The highest BCUT2D eigenvalue weighted by Gasteiger charge is 2.19. The second-order valence-corrected chi connectivity index (χ2v) is 5.80. The molecule has 0 spiro atoms. The molecule has 9 heteroatoms. The number of rotatable bonds is 4.